The molecule has 5 nitrogen and oxygen atoms in total. The topological polar surface area (TPSA) is 60.9 Å². The third-order valence-electron chi connectivity index (χ3n) is 3.61. The molecule has 3 rings (SSSR count). The molecule has 0 bridgehead atoms. The van der Waals surface area contributed by atoms with Gasteiger partial charge in [0, 0.05) is 23.2 Å². The molecule has 136 valence electrons. The van der Waals surface area contributed by atoms with Gasteiger partial charge in [0.05, 0.1) is 6.54 Å². The third-order valence-corrected chi connectivity index (χ3v) is 3.97. The van der Waals surface area contributed by atoms with Gasteiger partial charge in [0.2, 0.25) is 0 Å². The summed E-state index contributed by atoms with van der Waals surface area (Å²) < 4.78 is 57.2. The molecule has 1 aromatic carbocycles. The Morgan fingerprint density at radius 1 is 1.19 bits per heavy atom. The number of halogens is 5. The van der Waals surface area contributed by atoms with Crippen LogP contribution in [0.3, 0.4) is 0 Å². The molecule has 2 aromatic heterocycles. The number of nitrogens with zero attached hydrogens (tertiary/aromatic N) is 3. The zero-order valence-electron chi connectivity index (χ0n) is 12.9. The quantitative estimate of drug-likeness (QED) is 0.641. The van der Waals surface area contributed by atoms with Crippen molar-refractivity contribution >= 4 is 11.6 Å². The Kier molecular flexibility index (Phi) is 4.82. The maximum Gasteiger partial charge on any atom is 0.441 e. The van der Waals surface area contributed by atoms with Crippen LogP contribution in [0.15, 0.2) is 45.8 Å². The van der Waals surface area contributed by atoms with E-state index >= 15 is 0 Å². The fraction of sp³-hybridized carbons (Fsp3) is 0.188. The molecule has 26 heavy (non-hydrogen) atoms. The highest BCUT2D eigenvalue weighted by Crippen LogP contribution is 2.27. The second-order valence-corrected chi connectivity index (χ2v) is 5.78. The first-order chi connectivity index (χ1) is 12.3. The zero-order valence-corrected chi connectivity index (χ0v) is 13.7. The molecule has 0 N–H and O–H groups in total. The highest BCUT2D eigenvalue weighted by Gasteiger charge is 2.32. The predicted octanol–water partition coefficient (Wildman–Crippen LogP) is 3.68. The average Bonchev–Trinajstić information content (AvgIpc) is 2.91. The molecule has 0 aliphatic rings. The van der Waals surface area contributed by atoms with Gasteiger partial charge in [-0.1, -0.05) is 28.9 Å². The molecule has 0 amide bonds. The number of hydrogen-bond acceptors (Lipinski definition) is 4. The number of alkyl halides is 3. The van der Waals surface area contributed by atoms with Gasteiger partial charge >= 0.3 is 11.9 Å². The fourth-order valence-corrected chi connectivity index (χ4v) is 2.54. The zero-order chi connectivity index (χ0) is 18.9. The first-order valence-corrected chi connectivity index (χ1v) is 7.64. The normalized spacial score (nSPS) is 11.7. The molecule has 0 atom stereocenters. The van der Waals surface area contributed by atoms with Crippen molar-refractivity contribution < 1.29 is 22.1 Å². The highest BCUT2D eigenvalue weighted by atomic mass is 35.5. The standard InChI is InChI=1S/C16H10ClF4N3O2/c17-11-2-1-3-12(18)10(11)6-14-23-26-15(25)24(14)8-9-4-5-13(22-7-9)16(19,20)21/h1-5,7H,6,8H2. The first-order valence-electron chi connectivity index (χ1n) is 7.26. The van der Waals surface area contributed by atoms with Gasteiger partial charge in [-0.3, -0.25) is 14.1 Å². The van der Waals surface area contributed by atoms with Crippen molar-refractivity contribution in [2.75, 3.05) is 0 Å². The van der Waals surface area contributed by atoms with Gasteiger partial charge in [0.25, 0.3) is 0 Å². The van der Waals surface area contributed by atoms with Crippen molar-refractivity contribution in [3.05, 3.63) is 80.6 Å². The summed E-state index contributed by atoms with van der Waals surface area (Å²) in [5.41, 5.74) is -0.594. The van der Waals surface area contributed by atoms with Crippen LogP contribution >= 0.6 is 11.6 Å². The van der Waals surface area contributed by atoms with E-state index < -0.39 is 23.4 Å². The van der Waals surface area contributed by atoms with Crippen LogP contribution in [0.1, 0.15) is 22.6 Å². The van der Waals surface area contributed by atoms with Crippen molar-refractivity contribution in [1.29, 1.82) is 0 Å². The lowest BCUT2D eigenvalue weighted by atomic mass is 10.1. The van der Waals surface area contributed by atoms with E-state index in [-0.39, 0.29) is 29.4 Å². The van der Waals surface area contributed by atoms with Crippen molar-refractivity contribution in [2.45, 2.75) is 19.1 Å². The molecule has 0 saturated heterocycles. The summed E-state index contributed by atoms with van der Waals surface area (Å²) in [7, 11) is 0. The Morgan fingerprint density at radius 3 is 2.58 bits per heavy atom. The molecule has 0 unspecified atom stereocenters. The van der Waals surface area contributed by atoms with Crippen LogP contribution < -0.4 is 5.76 Å². The Morgan fingerprint density at radius 2 is 1.96 bits per heavy atom. The van der Waals surface area contributed by atoms with Crippen LogP contribution in [-0.4, -0.2) is 14.7 Å². The Labute approximate surface area is 148 Å². The molecule has 0 saturated carbocycles. The summed E-state index contributed by atoms with van der Waals surface area (Å²) in [4.78, 5) is 15.2. The summed E-state index contributed by atoms with van der Waals surface area (Å²) in [6, 6.07) is 6.13. The van der Waals surface area contributed by atoms with Gasteiger partial charge in [-0.2, -0.15) is 13.2 Å². The minimum Gasteiger partial charge on any atom is -0.296 e. The monoisotopic (exact) mass is 387 g/mol. The SMILES string of the molecule is O=c1onc(Cc2c(F)cccc2Cl)n1Cc1ccc(C(F)(F)F)nc1. The summed E-state index contributed by atoms with van der Waals surface area (Å²) in [6.07, 6.45) is -3.67. The van der Waals surface area contributed by atoms with E-state index in [9.17, 15) is 22.4 Å². The molecular formula is C16H10ClF4N3O2. The maximum atomic E-state index is 13.9. The van der Waals surface area contributed by atoms with Gasteiger partial charge in [-0.25, -0.2) is 9.18 Å². The molecule has 0 spiro atoms. The van der Waals surface area contributed by atoms with Crippen LogP contribution in [-0.2, 0) is 19.1 Å². The van der Waals surface area contributed by atoms with E-state index in [1.54, 1.807) is 0 Å². The summed E-state index contributed by atoms with van der Waals surface area (Å²) >= 11 is 5.96. The van der Waals surface area contributed by atoms with E-state index in [1.807, 2.05) is 0 Å². The second-order valence-electron chi connectivity index (χ2n) is 5.38. The van der Waals surface area contributed by atoms with E-state index in [0.29, 0.717) is 5.56 Å². The molecule has 2 heterocycles. The Hall–Kier alpha value is -2.68. The molecule has 0 aliphatic heterocycles. The van der Waals surface area contributed by atoms with Crippen LogP contribution in [0.25, 0.3) is 0 Å². The minimum atomic E-state index is -4.56. The Balaban J connectivity index is 1.88. The van der Waals surface area contributed by atoms with Crippen molar-refractivity contribution in [3.63, 3.8) is 0 Å². The summed E-state index contributed by atoms with van der Waals surface area (Å²) in [5, 5.41) is 3.75. The third kappa shape index (κ3) is 3.77. The Bertz CT molecular complexity index is 960. The number of aromatic nitrogens is 3. The van der Waals surface area contributed by atoms with Crippen molar-refractivity contribution in [1.82, 2.24) is 14.7 Å². The van der Waals surface area contributed by atoms with Gasteiger partial charge in [-0.15, -0.1) is 0 Å². The molecular weight excluding hydrogens is 378 g/mol. The molecule has 0 radical (unpaired) electrons. The highest BCUT2D eigenvalue weighted by molar-refractivity contribution is 6.31. The number of pyridine rings is 1. The van der Waals surface area contributed by atoms with Gasteiger partial charge in [-0.05, 0) is 23.8 Å². The average molecular weight is 388 g/mol. The first kappa shape index (κ1) is 18.1. The molecule has 0 fully saturated rings. The van der Waals surface area contributed by atoms with Crippen molar-refractivity contribution in [3.8, 4) is 0 Å². The van der Waals surface area contributed by atoms with E-state index in [1.165, 1.54) is 24.3 Å². The van der Waals surface area contributed by atoms with E-state index in [0.717, 1.165) is 16.8 Å². The second kappa shape index (κ2) is 6.91. The fourth-order valence-electron chi connectivity index (χ4n) is 2.31. The lowest BCUT2D eigenvalue weighted by Gasteiger charge is -2.08. The lowest BCUT2D eigenvalue weighted by Crippen LogP contribution is -2.19. The molecule has 0 aliphatic carbocycles. The van der Waals surface area contributed by atoms with Gasteiger partial charge in [0.1, 0.15) is 11.5 Å². The van der Waals surface area contributed by atoms with Crippen LogP contribution in [0.5, 0.6) is 0 Å². The van der Waals surface area contributed by atoms with Crippen molar-refractivity contribution in [2.24, 2.45) is 0 Å². The number of benzene rings is 1. The molecule has 3 aromatic rings. The predicted molar refractivity (Wildman–Crippen MR) is 83.3 cm³/mol. The number of hydrogen-bond donors (Lipinski definition) is 0. The maximum absolute atomic E-state index is 13.9. The van der Waals surface area contributed by atoms with E-state index in [4.69, 9.17) is 11.6 Å². The smallest absolute Gasteiger partial charge is 0.296 e. The van der Waals surface area contributed by atoms with Gasteiger partial charge in [0.15, 0.2) is 5.82 Å². The van der Waals surface area contributed by atoms with Crippen LogP contribution in [0.4, 0.5) is 17.6 Å². The van der Waals surface area contributed by atoms with E-state index in [2.05, 4.69) is 14.7 Å². The minimum absolute atomic E-state index is 0.0851. The lowest BCUT2D eigenvalue weighted by molar-refractivity contribution is -0.141. The largest absolute Gasteiger partial charge is 0.441 e. The van der Waals surface area contributed by atoms with Gasteiger partial charge < -0.3 is 0 Å². The summed E-state index contributed by atoms with van der Waals surface area (Å²) in [5.74, 6) is -1.31. The summed E-state index contributed by atoms with van der Waals surface area (Å²) in [6.45, 7) is -0.130. The van der Waals surface area contributed by atoms with Crippen LogP contribution in [0, 0.1) is 5.82 Å². The van der Waals surface area contributed by atoms with Crippen LogP contribution in [0.2, 0.25) is 5.02 Å². The number of rotatable bonds is 4. The molecule has 10 heteroatoms.